The molecule has 3 aromatic rings. The van der Waals surface area contributed by atoms with E-state index in [2.05, 4.69) is 37.9 Å². The maximum absolute atomic E-state index is 12.4. The van der Waals surface area contributed by atoms with Crippen molar-refractivity contribution in [3.63, 3.8) is 0 Å². The Morgan fingerprint density at radius 2 is 1.78 bits per heavy atom. The second-order valence-electron chi connectivity index (χ2n) is 8.15. The number of ether oxygens (including phenoxy) is 1. The topological polar surface area (TPSA) is 62.3 Å². The number of aromatic amines is 1. The van der Waals surface area contributed by atoms with E-state index in [0.717, 1.165) is 33.3 Å². The highest BCUT2D eigenvalue weighted by molar-refractivity contribution is 6.24. The molecule has 2 heterocycles. The van der Waals surface area contributed by atoms with Crippen LogP contribution in [0.2, 0.25) is 0 Å². The molecule has 0 radical (unpaired) electrons. The van der Waals surface area contributed by atoms with Gasteiger partial charge in [-0.3, -0.25) is 0 Å². The first kappa shape index (κ1) is 17.4. The molecule has 1 aliphatic rings. The summed E-state index contributed by atoms with van der Waals surface area (Å²) in [6.45, 7) is 8.42. The van der Waals surface area contributed by atoms with Gasteiger partial charge in [0.2, 0.25) is 0 Å². The van der Waals surface area contributed by atoms with Crippen LogP contribution in [0.1, 0.15) is 37.5 Å². The van der Waals surface area contributed by atoms with Gasteiger partial charge in [0.1, 0.15) is 17.9 Å². The van der Waals surface area contributed by atoms with E-state index >= 15 is 0 Å². The van der Waals surface area contributed by atoms with Crippen LogP contribution in [-0.2, 0) is 14.9 Å². The maximum Gasteiger partial charge on any atom is 0.342 e. The number of carbonyl (C=O) groups is 1. The van der Waals surface area contributed by atoms with Gasteiger partial charge in [-0.15, -0.1) is 0 Å². The van der Waals surface area contributed by atoms with Crippen molar-refractivity contribution >= 4 is 22.4 Å². The molecule has 1 aliphatic heterocycles. The smallest absolute Gasteiger partial charge is 0.342 e. The van der Waals surface area contributed by atoms with E-state index in [-0.39, 0.29) is 23.4 Å². The SMILES string of the molecule is Cc1ccc(-c2[nH]c3ccc(C(C)(C)C)cc3c2C2=C(O)COC2=O)cc1. The van der Waals surface area contributed by atoms with Crippen LogP contribution in [0, 0.1) is 6.92 Å². The molecule has 0 spiro atoms. The number of aliphatic hydroxyl groups is 1. The molecule has 2 N–H and O–H groups in total. The lowest BCUT2D eigenvalue weighted by Gasteiger charge is -2.19. The molecule has 4 nitrogen and oxygen atoms in total. The number of aliphatic hydroxyl groups excluding tert-OH is 1. The summed E-state index contributed by atoms with van der Waals surface area (Å²) in [6.07, 6.45) is 0. The van der Waals surface area contributed by atoms with Crippen LogP contribution in [0.5, 0.6) is 0 Å². The zero-order chi connectivity index (χ0) is 19.3. The first-order valence-electron chi connectivity index (χ1n) is 9.08. The number of aromatic nitrogens is 1. The summed E-state index contributed by atoms with van der Waals surface area (Å²) in [6, 6.07) is 14.3. The average Bonchev–Trinajstić information content (AvgIpc) is 3.14. The molecule has 0 bridgehead atoms. The number of hydrogen-bond donors (Lipinski definition) is 2. The third-order valence-electron chi connectivity index (χ3n) is 5.09. The Morgan fingerprint density at radius 3 is 2.37 bits per heavy atom. The number of fused-ring (bicyclic) bond motifs is 1. The molecule has 27 heavy (non-hydrogen) atoms. The Morgan fingerprint density at radius 1 is 1.07 bits per heavy atom. The molecular weight excluding hydrogens is 338 g/mol. The third-order valence-corrected chi connectivity index (χ3v) is 5.09. The molecule has 1 aromatic heterocycles. The highest BCUT2D eigenvalue weighted by Gasteiger charge is 2.31. The molecule has 0 atom stereocenters. The Labute approximate surface area is 158 Å². The maximum atomic E-state index is 12.4. The third kappa shape index (κ3) is 2.91. The van der Waals surface area contributed by atoms with Gasteiger partial charge in [0.05, 0.1) is 5.69 Å². The van der Waals surface area contributed by atoms with Crippen LogP contribution in [0.15, 0.2) is 48.2 Å². The largest absolute Gasteiger partial charge is 0.508 e. The Kier molecular flexibility index (Phi) is 3.88. The minimum atomic E-state index is -0.483. The van der Waals surface area contributed by atoms with Crippen molar-refractivity contribution in [3.05, 3.63) is 64.9 Å². The summed E-state index contributed by atoms with van der Waals surface area (Å²) in [5.41, 5.74) is 5.96. The Balaban J connectivity index is 2.06. The Hall–Kier alpha value is -3.01. The second-order valence-corrected chi connectivity index (χ2v) is 8.15. The summed E-state index contributed by atoms with van der Waals surface area (Å²) in [5.74, 6) is -0.502. The Bertz CT molecular complexity index is 1080. The van der Waals surface area contributed by atoms with Gasteiger partial charge in [-0.05, 0) is 35.6 Å². The zero-order valence-corrected chi connectivity index (χ0v) is 16.0. The lowest BCUT2D eigenvalue weighted by atomic mass is 9.85. The van der Waals surface area contributed by atoms with Crippen molar-refractivity contribution in [2.75, 3.05) is 6.61 Å². The predicted octanol–water partition coefficient (Wildman–Crippen LogP) is 5.27. The van der Waals surface area contributed by atoms with Gasteiger partial charge in [-0.1, -0.05) is 56.7 Å². The summed E-state index contributed by atoms with van der Waals surface area (Å²) < 4.78 is 5.08. The van der Waals surface area contributed by atoms with Crippen molar-refractivity contribution in [1.82, 2.24) is 4.98 Å². The van der Waals surface area contributed by atoms with Crippen LogP contribution in [-0.4, -0.2) is 22.7 Å². The molecule has 138 valence electrons. The molecule has 0 aliphatic carbocycles. The molecule has 0 saturated carbocycles. The number of nitrogens with one attached hydrogen (secondary N) is 1. The lowest BCUT2D eigenvalue weighted by Crippen LogP contribution is -2.10. The summed E-state index contributed by atoms with van der Waals surface area (Å²) in [7, 11) is 0. The van der Waals surface area contributed by atoms with Crippen LogP contribution >= 0.6 is 0 Å². The standard InChI is InChI=1S/C23H23NO3/c1-13-5-7-14(8-6-13)21-19(20-18(25)12-27-22(20)26)16-11-15(23(2,3)4)9-10-17(16)24-21/h5-11,24-25H,12H2,1-4H3. The normalized spacial score (nSPS) is 14.9. The summed E-state index contributed by atoms with van der Waals surface area (Å²) >= 11 is 0. The van der Waals surface area contributed by atoms with Gasteiger partial charge in [0.15, 0.2) is 0 Å². The monoisotopic (exact) mass is 361 g/mol. The average molecular weight is 361 g/mol. The van der Waals surface area contributed by atoms with Crippen LogP contribution < -0.4 is 0 Å². The van der Waals surface area contributed by atoms with Gasteiger partial charge in [-0.2, -0.15) is 0 Å². The number of esters is 1. The molecule has 4 rings (SSSR count). The molecule has 4 heteroatoms. The first-order chi connectivity index (χ1) is 12.8. The van der Waals surface area contributed by atoms with E-state index in [1.165, 1.54) is 0 Å². The van der Waals surface area contributed by atoms with Gasteiger partial charge in [-0.25, -0.2) is 4.79 Å². The predicted molar refractivity (Wildman–Crippen MR) is 108 cm³/mol. The zero-order valence-electron chi connectivity index (χ0n) is 16.0. The van der Waals surface area contributed by atoms with E-state index in [9.17, 15) is 9.90 Å². The highest BCUT2D eigenvalue weighted by Crippen LogP contribution is 2.40. The van der Waals surface area contributed by atoms with Gasteiger partial charge in [0.25, 0.3) is 0 Å². The number of hydrogen-bond acceptors (Lipinski definition) is 3. The van der Waals surface area contributed by atoms with Crippen LogP contribution in [0.3, 0.4) is 0 Å². The molecule has 2 aromatic carbocycles. The van der Waals surface area contributed by atoms with Gasteiger partial charge >= 0.3 is 5.97 Å². The van der Waals surface area contributed by atoms with E-state index in [4.69, 9.17) is 4.74 Å². The van der Waals surface area contributed by atoms with Gasteiger partial charge in [0, 0.05) is 16.5 Å². The lowest BCUT2D eigenvalue weighted by molar-refractivity contribution is -0.134. The summed E-state index contributed by atoms with van der Waals surface area (Å²) in [4.78, 5) is 15.8. The van der Waals surface area contributed by atoms with Gasteiger partial charge < -0.3 is 14.8 Å². The van der Waals surface area contributed by atoms with E-state index in [1.54, 1.807) is 0 Å². The fourth-order valence-corrected chi connectivity index (χ4v) is 3.50. The van der Waals surface area contributed by atoms with Crippen LogP contribution in [0.4, 0.5) is 0 Å². The summed E-state index contributed by atoms with van der Waals surface area (Å²) in [5, 5.41) is 11.3. The van der Waals surface area contributed by atoms with Crippen molar-refractivity contribution in [1.29, 1.82) is 0 Å². The highest BCUT2D eigenvalue weighted by atomic mass is 16.5. The number of aryl methyl sites for hydroxylation is 1. The van der Waals surface area contributed by atoms with Crippen molar-refractivity contribution in [3.8, 4) is 11.3 Å². The van der Waals surface area contributed by atoms with E-state index in [0.29, 0.717) is 5.56 Å². The van der Waals surface area contributed by atoms with Crippen LogP contribution in [0.25, 0.3) is 27.7 Å². The van der Waals surface area contributed by atoms with Crippen molar-refractivity contribution in [2.24, 2.45) is 0 Å². The quantitative estimate of drug-likeness (QED) is 0.612. The first-order valence-corrected chi connectivity index (χ1v) is 9.08. The molecular formula is C23H23NO3. The second kappa shape index (κ2) is 6.02. The van der Waals surface area contributed by atoms with E-state index < -0.39 is 5.97 Å². The number of cyclic esters (lactones) is 1. The van der Waals surface area contributed by atoms with E-state index in [1.807, 2.05) is 37.3 Å². The number of benzene rings is 2. The number of carbonyl (C=O) groups excluding carboxylic acids is 1. The van der Waals surface area contributed by atoms with Crippen molar-refractivity contribution in [2.45, 2.75) is 33.1 Å². The minimum absolute atomic E-state index is 0.0181. The minimum Gasteiger partial charge on any atom is -0.508 e. The number of rotatable bonds is 2. The fourth-order valence-electron chi connectivity index (χ4n) is 3.50. The number of H-pyrrole nitrogens is 1. The fraction of sp³-hybridized carbons (Fsp3) is 0.261. The molecule has 0 unspecified atom stereocenters. The molecule has 0 saturated heterocycles. The van der Waals surface area contributed by atoms with Crippen molar-refractivity contribution < 1.29 is 14.6 Å². The molecule has 0 fully saturated rings. The molecule has 0 amide bonds.